The first-order valence-electron chi connectivity index (χ1n) is 9.17. The van der Waals surface area contributed by atoms with Gasteiger partial charge in [-0.3, -0.25) is 14.7 Å². The van der Waals surface area contributed by atoms with Gasteiger partial charge in [0.25, 0.3) is 0 Å². The number of likely N-dealkylation sites (tertiary alicyclic amines) is 1. The van der Waals surface area contributed by atoms with Crippen molar-refractivity contribution in [3.8, 4) is 0 Å². The lowest BCUT2D eigenvalue weighted by molar-refractivity contribution is -0.128. The predicted molar refractivity (Wildman–Crippen MR) is 102 cm³/mol. The number of thiazole rings is 1. The summed E-state index contributed by atoms with van der Waals surface area (Å²) in [6, 6.07) is 10.9. The van der Waals surface area contributed by atoms with E-state index in [1.807, 2.05) is 16.6 Å². The van der Waals surface area contributed by atoms with Gasteiger partial charge in [0.2, 0.25) is 5.91 Å². The third-order valence-electron chi connectivity index (χ3n) is 5.53. The molecule has 2 aromatic rings. The van der Waals surface area contributed by atoms with Gasteiger partial charge in [-0.1, -0.05) is 30.3 Å². The van der Waals surface area contributed by atoms with Crippen LogP contribution in [0.15, 0.2) is 42.0 Å². The van der Waals surface area contributed by atoms with Crippen molar-refractivity contribution in [2.45, 2.75) is 25.9 Å². The molecule has 2 saturated heterocycles. The van der Waals surface area contributed by atoms with Crippen molar-refractivity contribution in [3.05, 3.63) is 52.5 Å². The van der Waals surface area contributed by atoms with Crippen LogP contribution in [0.25, 0.3) is 0 Å². The van der Waals surface area contributed by atoms with Gasteiger partial charge in [0, 0.05) is 48.6 Å². The lowest BCUT2D eigenvalue weighted by Crippen LogP contribution is -2.41. The molecule has 1 amide bonds. The van der Waals surface area contributed by atoms with Gasteiger partial charge in [0.05, 0.1) is 25.3 Å². The molecule has 6 heteroatoms. The van der Waals surface area contributed by atoms with Gasteiger partial charge in [0.1, 0.15) is 0 Å². The minimum Gasteiger partial charge on any atom is -0.379 e. The van der Waals surface area contributed by atoms with E-state index < -0.39 is 0 Å². The second kappa shape index (κ2) is 7.47. The summed E-state index contributed by atoms with van der Waals surface area (Å²) in [4.78, 5) is 22.4. The zero-order valence-electron chi connectivity index (χ0n) is 15.1. The fraction of sp³-hybridized carbons (Fsp3) is 0.500. The lowest BCUT2D eigenvalue weighted by Gasteiger charge is -2.35. The van der Waals surface area contributed by atoms with E-state index in [2.05, 4.69) is 47.1 Å². The van der Waals surface area contributed by atoms with Crippen LogP contribution in [-0.4, -0.2) is 53.5 Å². The molecule has 0 unspecified atom stereocenters. The Hall–Kier alpha value is -1.76. The summed E-state index contributed by atoms with van der Waals surface area (Å²) in [5, 5.41) is 0. The highest BCUT2D eigenvalue weighted by Gasteiger charge is 2.46. The Balaban J connectivity index is 1.49. The van der Waals surface area contributed by atoms with E-state index in [9.17, 15) is 4.79 Å². The van der Waals surface area contributed by atoms with E-state index in [-0.39, 0.29) is 11.3 Å². The zero-order chi connectivity index (χ0) is 18.0. The first kappa shape index (κ1) is 17.6. The van der Waals surface area contributed by atoms with Crippen molar-refractivity contribution < 1.29 is 9.53 Å². The molecule has 1 aromatic carbocycles. The summed E-state index contributed by atoms with van der Waals surface area (Å²) in [6.07, 6.45) is 2.43. The molecule has 2 atom stereocenters. The summed E-state index contributed by atoms with van der Waals surface area (Å²) in [5.41, 5.74) is 3.03. The third-order valence-corrected chi connectivity index (χ3v) is 6.30. The first-order valence-corrected chi connectivity index (χ1v) is 10.1. The number of nitrogens with zero attached hydrogens (tertiary/aromatic N) is 3. The van der Waals surface area contributed by atoms with Gasteiger partial charge < -0.3 is 9.64 Å². The Morgan fingerprint density at radius 2 is 2.15 bits per heavy atom. The number of hydrogen-bond donors (Lipinski definition) is 0. The highest BCUT2D eigenvalue weighted by atomic mass is 32.1. The van der Waals surface area contributed by atoms with Crippen molar-refractivity contribution in [1.82, 2.24) is 14.8 Å². The fourth-order valence-electron chi connectivity index (χ4n) is 4.14. The molecule has 0 aliphatic carbocycles. The Kier molecular flexibility index (Phi) is 5.07. The number of amides is 1. The average molecular weight is 372 g/mol. The molecule has 0 bridgehead atoms. The molecule has 26 heavy (non-hydrogen) atoms. The quantitative estimate of drug-likeness (QED) is 0.829. The van der Waals surface area contributed by atoms with Crippen LogP contribution in [0.2, 0.25) is 0 Å². The van der Waals surface area contributed by atoms with Gasteiger partial charge >= 0.3 is 0 Å². The van der Waals surface area contributed by atoms with Gasteiger partial charge in [-0.2, -0.15) is 0 Å². The van der Waals surface area contributed by atoms with E-state index in [1.165, 1.54) is 5.56 Å². The number of carbonyl (C=O) groups excluding carboxylic acids is 1. The van der Waals surface area contributed by atoms with E-state index in [0.717, 1.165) is 31.1 Å². The van der Waals surface area contributed by atoms with Gasteiger partial charge in [0.15, 0.2) is 0 Å². The molecule has 2 aliphatic heterocycles. The Morgan fingerprint density at radius 3 is 2.92 bits per heavy atom. The standard InChI is InChI=1S/C20H25N3O2S/c1-16(17-5-3-2-4-6-17)22-7-8-25-14-20(12-22)9-19(24)23(13-20)11-18-10-21-15-26-18/h2-6,10,15-16H,7-9,11-14H2,1H3/t16-,20+/m0/s1. The number of aromatic nitrogens is 1. The molecule has 0 radical (unpaired) electrons. The maximum atomic E-state index is 12.7. The molecule has 1 aromatic heterocycles. The van der Waals surface area contributed by atoms with Crippen LogP contribution in [-0.2, 0) is 16.1 Å². The van der Waals surface area contributed by atoms with E-state index in [1.54, 1.807) is 11.3 Å². The number of benzene rings is 1. The van der Waals surface area contributed by atoms with Crippen LogP contribution >= 0.6 is 11.3 Å². The highest BCUT2D eigenvalue weighted by molar-refractivity contribution is 7.09. The SMILES string of the molecule is C[C@@H](c1ccccc1)N1CCOC[C@]2(CC(=O)N(Cc3cncs3)C2)C1. The molecule has 2 fully saturated rings. The smallest absolute Gasteiger partial charge is 0.223 e. The summed E-state index contributed by atoms with van der Waals surface area (Å²) in [6.45, 7) is 6.87. The maximum absolute atomic E-state index is 12.7. The summed E-state index contributed by atoms with van der Waals surface area (Å²) >= 11 is 1.61. The van der Waals surface area contributed by atoms with Gasteiger partial charge in [-0.05, 0) is 12.5 Å². The maximum Gasteiger partial charge on any atom is 0.223 e. The van der Waals surface area contributed by atoms with Crippen LogP contribution in [0.3, 0.4) is 0 Å². The summed E-state index contributed by atoms with van der Waals surface area (Å²) in [5.74, 6) is 0.233. The fourth-order valence-corrected chi connectivity index (χ4v) is 4.74. The largest absolute Gasteiger partial charge is 0.379 e. The van der Waals surface area contributed by atoms with Crippen molar-refractivity contribution >= 4 is 17.2 Å². The van der Waals surface area contributed by atoms with Crippen LogP contribution in [0.4, 0.5) is 0 Å². The predicted octanol–water partition coefficient (Wildman–Crippen LogP) is 2.96. The average Bonchev–Trinajstić information content (AvgIpc) is 3.20. The van der Waals surface area contributed by atoms with Crippen molar-refractivity contribution in [3.63, 3.8) is 0 Å². The molecule has 4 rings (SSSR count). The van der Waals surface area contributed by atoms with Crippen LogP contribution in [0.5, 0.6) is 0 Å². The summed E-state index contributed by atoms with van der Waals surface area (Å²) in [7, 11) is 0. The molecule has 5 nitrogen and oxygen atoms in total. The number of ether oxygens (including phenoxy) is 1. The van der Waals surface area contributed by atoms with E-state index in [0.29, 0.717) is 25.6 Å². The number of carbonyl (C=O) groups is 1. The Morgan fingerprint density at radius 1 is 1.31 bits per heavy atom. The van der Waals surface area contributed by atoms with Crippen LogP contribution < -0.4 is 0 Å². The number of hydrogen-bond acceptors (Lipinski definition) is 5. The van der Waals surface area contributed by atoms with Gasteiger partial charge in [-0.15, -0.1) is 11.3 Å². The lowest BCUT2D eigenvalue weighted by atomic mass is 9.86. The molecule has 0 saturated carbocycles. The minimum atomic E-state index is -0.110. The monoisotopic (exact) mass is 371 g/mol. The van der Waals surface area contributed by atoms with Crippen molar-refractivity contribution in [2.24, 2.45) is 5.41 Å². The van der Waals surface area contributed by atoms with Gasteiger partial charge in [-0.25, -0.2) is 0 Å². The number of rotatable bonds is 4. The Labute approximate surface area is 158 Å². The second-order valence-electron chi connectivity index (χ2n) is 7.50. The van der Waals surface area contributed by atoms with E-state index in [4.69, 9.17) is 4.74 Å². The van der Waals surface area contributed by atoms with Crippen LogP contribution in [0.1, 0.15) is 29.8 Å². The summed E-state index contributed by atoms with van der Waals surface area (Å²) < 4.78 is 5.95. The molecule has 1 spiro atoms. The van der Waals surface area contributed by atoms with Crippen molar-refractivity contribution in [2.75, 3.05) is 32.8 Å². The first-order chi connectivity index (χ1) is 12.7. The topological polar surface area (TPSA) is 45.7 Å². The molecule has 138 valence electrons. The third kappa shape index (κ3) is 3.68. The molecular weight excluding hydrogens is 346 g/mol. The van der Waals surface area contributed by atoms with Crippen molar-refractivity contribution in [1.29, 1.82) is 0 Å². The normalized spacial score (nSPS) is 25.6. The van der Waals surface area contributed by atoms with Crippen LogP contribution in [0, 0.1) is 5.41 Å². The second-order valence-corrected chi connectivity index (χ2v) is 8.47. The minimum absolute atomic E-state index is 0.110. The molecular formula is C20H25N3O2S. The molecule has 3 heterocycles. The zero-order valence-corrected chi connectivity index (χ0v) is 16.0. The van der Waals surface area contributed by atoms with E-state index >= 15 is 0 Å². The molecule has 2 aliphatic rings. The molecule has 0 N–H and O–H groups in total. The Bertz CT molecular complexity index is 737. The highest BCUT2D eigenvalue weighted by Crippen LogP contribution is 2.37.